The van der Waals surface area contributed by atoms with Gasteiger partial charge in [-0.15, -0.1) is 5.10 Å². The number of amides is 1. The Kier molecular flexibility index (Phi) is 6.01. The molecule has 0 spiro atoms. The molecule has 1 amide bonds. The molecule has 1 saturated heterocycles. The molecule has 0 saturated carbocycles. The molecule has 2 aromatic rings. The van der Waals surface area contributed by atoms with Crippen molar-refractivity contribution in [1.29, 1.82) is 0 Å². The molecule has 2 aromatic carbocycles. The van der Waals surface area contributed by atoms with Crippen molar-refractivity contribution in [3.8, 4) is 0 Å². The fourth-order valence-corrected chi connectivity index (χ4v) is 3.79. The number of nitrogens with one attached hydrogen (secondary N) is 1. The Bertz CT molecular complexity index is 894. The maximum Gasteiger partial charge on any atom is 0.239 e. The molecule has 0 aromatic heterocycles. The van der Waals surface area contributed by atoms with Gasteiger partial charge in [0.1, 0.15) is 0 Å². The minimum Gasteiger partial charge on any atom is -0.303 e. The molecule has 0 bridgehead atoms. The quantitative estimate of drug-likeness (QED) is 0.583. The predicted molar refractivity (Wildman–Crippen MR) is 111 cm³/mol. The molecule has 4 nitrogen and oxygen atoms in total. The van der Waals surface area contributed by atoms with Crippen LogP contribution in [0.2, 0.25) is 10.0 Å². The molecular weight excluding hydrogens is 389 g/mol. The molecule has 1 aliphatic rings. The van der Waals surface area contributed by atoms with E-state index >= 15 is 0 Å². The van der Waals surface area contributed by atoms with E-state index in [1.165, 1.54) is 17.3 Å². The van der Waals surface area contributed by atoms with Gasteiger partial charge in [-0.25, -0.2) is 0 Å². The zero-order valence-electron chi connectivity index (χ0n) is 14.3. The molecular formula is C19H17Cl2N3OS. The van der Waals surface area contributed by atoms with Crippen molar-refractivity contribution in [1.82, 2.24) is 5.32 Å². The zero-order valence-corrected chi connectivity index (χ0v) is 16.6. The van der Waals surface area contributed by atoms with Gasteiger partial charge in [0.2, 0.25) is 5.91 Å². The van der Waals surface area contributed by atoms with Crippen LogP contribution in [0.1, 0.15) is 23.6 Å². The Hall–Kier alpha value is -1.82. The molecule has 0 unspecified atom stereocenters. The van der Waals surface area contributed by atoms with Gasteiger partial charge >= 0.3 is 0 Å². The van der Waals surface area contributed by atoms with Crippen LogP contribution in [-0.2, 0) is 11.2 Å². The first-order valence-electron chi connectivity index (χ1n) is 8.03. The van der Waals surface area contributed by atoms with Crippen LogP contribution in [0.25, 0.3) is 0 Å². The average Bonchev–Trinajstić information content (AvgIpc) is 2.96. The van der Waals surface area contributed by atoms with Crippen LogP contribution in [0.4, 0.5) is 0 Å². The first kappa shape index (κ1) is 19.0. The molecule has 1 N–H and O–H groups in total. The third-order valence-electron chi connectivity index (χ3n) is 3.95. The highest BCUT2D eigenvalue weighted by Crippen LogP contribution is 2.28. The number of carbonyl (C=O) groups is 1. The topological polar surface area (TPSA) is 53.8 Å². The average molecular weight is 406 g/mol. The number of halogens is 2. The number of aryl methyl sites for hydroxylation is 1. The predicted octanol–water partition coefficient (Wildman–Crippen LogP) is 4.86. The molecule has 0 radical (unpaired) electrons. The van der Waals surface area contributed by atoms with Gasteiger partial charge < -0.3 is 5.32 Å². The molecule has 1 aliphatic heterocycles. The van der Waals surface area contributed by atoms with Gasteiger partial charge in [0, 0.05) is 10.0 Å². The third-order valence-corrected chi connectivity index (χ3v) is 5.63. The molecule has 3 rings (SSSR count). The van der Waals surface area contributed by atoms with E-state index in [9.17, 15) is 4.79 Å². The Morgan fingerprint density at radius 1 is 1.19 bits per heavy atom. The van der Waals surface area contributed by atoms with Crippen LogP contribution >= 0.6 is 35.0 Å². The summed E-state index contributed by atoms with van der Waals surface area (Å²) in [7, 11) is 0. The van der Waals surface area contributed by atoms with Crippen LogP contribution in [-0.4, -0.2) is 22.0 Å². The summed E-state index contributed by atoms with van der Waals surface area (Å²) in [5.41, 5.74) is 3.81. The summed E-state index contributed by atoms with van der Waals surface area (Å²) in [6, 6.07) is 13.3. The van der Waals surface area contributed by atoms with Crippen molar-refractivity contribution in [3.05, 3.63) is 69.2 Å². The van der Waals surface area contributed by atoms with E-state index in [4.69, 9.17) is 23.2 Å². The lowest BCUT2D eigenvalue weighted by Crippen LogP contribution is -2.26. The van der Waals surface area contributed by atoms with E-state index in [0.717, 1.165) is 16.8 Å². The van der Waals surface area contributed by atoms with Gasteiger partial charge in [-0.2, -0.15) is 5.10 Å². The van der Waals surface area contributed by atoms with Crippen molar-refractivity contribution in [2.45, 2.75) is 25.5 Å². The minimum atomic E-state index is -0.306. The Labute approximate surface area is 166 Å². The summed E-state index contributed by atoms with van der Waals surface area (Å²) in [4.78, 5) is 12.2. The van der Waals surface area contributed by atoms with Gasteiger partial charge in [-0.3, -0.25) is 4.79 Å². The number of nitrogens with zero attached hydrogens (tertiary/aromatic N) is 2. The lowest BCUT2D eigenvalue weighted by molar-refractivity contribution is -0.118. The molecule has 134 valence electrons. The fourth-order valence-electron chi connectivity index (χ4n) is 2.46. The second kappa shape index (κ2) is 8.25. The summed E-state index contributed by atoms with van der Waals surface area (Å²) in [6.45, 7) is 3.92. The van der Waals surface area contributed by atoms with Crippen LogP contribution < -0.4 is 5.32 Å². The molecule has 1 atom stereocenters. The fraction of sp³-hybridized carbons (Fsp3) is 0.211. The van der Waals surface area contributed by atoms with Crippen molar-refractivity contribution in [2.75, 3.05) is 0 Å². The first-order valence-corrected chi connectivity index (χ1v) is 9.66. The summed E-state index contributed by atoms with van der Waals surface area (Å²) in [5, 5.41) is 12.6. The Balaban J connectivity index is 1.70. The smallest absolute Gasteiger partial charge is 0.239 e. The SMILES string of the molecule is C/C(=N/N=C1/NC(=O)[C@@H](Cc2cc(Cl)ccc2Cl)S1)c1ccc(C)cc1. The Morgan fingerprint density at radius 3 is 2.65 bits per heavy atom. The third kappa shape index (κ3) is 4.67. The lowest BCUT2D eigenvalue weighted by atomic mass is 10.1. The van der Waals surface area contributed by atoms with Crippen LogP contribution in [0.15, 0.2) is 52.7 Å². The van der Waals surface area contributed by atoms with Crippen molar-refractivity contribution >= 4 is 51.8 Å². The highest BCUT2D eigenvalue weighted by Gasteiger charge is 2.31. The van der Waals surface area contributed by atoms with Crippen LogP contribution in [0, 0.1) is 6.92 Å². The number of carbonyl (C=O) groups excluding carboxylic acids is 1. The molecule has 1 fully saturated rings. The molecule has 0 aliphatic carbocycles. The van der Waals surface area contributed by atoms with Gasteiger partial charge in [-0.05, 0) is 49.6 Å². The maximum atomic E-state index is 12.2. The monoisotopic (exact) mass is 405 g/mol. The first-order chi connectivity index (χ1) is 12.4. The van der Waals surface area contributed by atoms with Gasteiger partial charge in [0.25, 0.3) is 0 Å². The summed E-state index contributed by atoms with van der Waals surface area (Å²) in [6.07, 6.45) is 0.482. The summed E-state index contributed by atoms with van der Waals surface area (Å²) in [5.74, 6) is -0.104. The Morgan fingerprint density at radius 2 is 1.92 bits per heavy atom. The molecule has 26 heavy (non-hydrogen) atoms. The van der Waals surface area contributed by atoms with Crippen molar-refractivity contribution in [3.63, 3.8) is 0 Å². The number of hydrogen-bond donors (Lipinski definition) is 1. The van der Waals surface area contributed by atoms with E-state index in [2.05, 4.69) is 15.5 Å². The summed E-state index contributed by atoms with van der Waals surface area (Å²) < 4.78 is 0. The van der Waals surface area contributed by atoms with Gasteiger partial charge in [0.05, 0.1) is 11.0 Å². The van der Waals surface area contributed by atoms with E-state index < -0.39 is 0 Å². The molecule has 7 heteroatoms. The van der Waals surface area contributed by atoms with E-state index in [1.807, 2.05) is 38.1 Å². The summed E-state index contributed by atoms with van der Waals surface area (Å²) >= 11 is 13.5. The normalized spacial score (nSPS) is 19.1. The van der Waals surface area contributed by atoms with E-state index in [-0.39, 0.29) is 11.2 Å². The highest BCUT2D eigenvalue weighted by atomic mass is 35.5. The van der Waals surface area contributed by atoms with Gasteiger partial charge in [0.15, 0.2) is 5.17 Å². The minimum absolute atomic E-state index is 0.104. The van der Waals surface area contributed by atoms with Gasteiger partial charge in [-0.1, -0.05) is 64.8 Å². The van der Waals surface area contributed by atoms with Crippen LogP contribution in [0.3, 0.4) is 0 Å². The lowest BCUT2D eigenvalue weighted by Gasteiger charge is -2.07. The zero-order chi connectivity index (χ0) is 18.7. The number of hydrogen-bond acceptors (Lipinski definition) is 4. The number of rotatable bonds is 4. The second-order valence-electron chi connectivity index (χ2n) is 5.99. The van der Waals surface area contributed by atoms with E-state index in [0.29, 0.717) is 21.6 Å². The van der Waals surface area contributed by atoms with E-state index in [1.54, 1.807) is 18.2 Å². The van der Waals surface area contributed by atoms with Crippen LogP contribution in [0.5, 0.6) is 0 Å². The number of benzene rings is 2. The maximum absolute atomic E-state index is 12.2. The number of thioether (sulfide) groups is 1. The largest absolute Gasteiger partial charge is 0.303 e. The second-order valence-corrected chi connectivity index (χ2v) is 8.03. The standard InChI is InChI=1S/C19H17Cl2N3OS/c1-11-3-5-13(6-4-11)12(2)23-24-19-22-18(25)17(26-19)10-14-9-15(20)7-8-16(14)21/h3-9,17H,10H2,1-2H3,(H,22,24,25)/b23-12-/t17-/m1/s1. The molecule has 1 heterocycles. The van der Waals surface area contributed by atoms with Crippen molar-refractivity contribution < 1.29 is 4.79 Å². The van der Waals surface area contributed by atoms with Crippen molar-refractivity contribution in [2.24, 2.45) is 10.2 Å². The number of amidine groups is 1. The highest BCUT2D eigenvalue weighted by molar-refractivity contribution is 8.15.